The van der Waals surface area contributed by atoms with Crippen molar-refractivity contribution in [2.75, 3.05) is 6.61 Å². The van der Waals surface area contributed by atoms with Crippen LogP contribution in [0, 0.1) is 17.2 Å². The molecule has 1 saturated heterocycles. The van der Waals surface area contributed by atoms with Crippen molar-refractivity contribution in [1.82, 2.24) is 19.3 Å². The minimum absolute atomic E-state index is 0.146. The standard InChI is InChI=1S/C40H53N5O14P2/c1-24(2)37(46)56-34-32(58-40(6,35(34)57-38(47)25(3)4)33-20-19-30-36(41)44(22-42-45(30)33)23-54-61(50,51)52)21-53-60(49,43-26(5)39(48)55-28-15-8-7-9-16-28)59-31-18-12-14-27-13-10-11-17-29(27)31/h10-14,17-20,22,24-26,28,32,34-35,41H,7-9,15-16,21,23H2,1-6H3,(H,43,49)(H2,50,51,52)/t26-,32+,34+,35+,40-,60?/m0/s1. The molecule has 2 aromatic carbocycles. The molecule has 4 aromatic rings. The summed E-state index contributed by atoms with van der Waals surface area (Å²) in [6, 6.07) is 14.3. The molecule has 21 heteroatoms. The summed E-state index contributed by atoms with van der Waals surface area (Å²) in [5, 5.41) is 17.3. The Labute approximate surface area is 352 Å². The highest BCUT2D eigenvalue weighted by atomic mass is 31.2. The second-order valence-electron chi connectivity index (χ2n) is 16.0. The molecule has 6 atom stereocenters. The van der Waals surface area contributed by atoms with Gasteiger partial charge in [0.25, 0.3) is 0 Å². The predicted molar refractivity (Wildman–Crippen MR) is 218 cm³/mol. The quantitative estimate of drug-likeness (QED) is 0.0569. The molecule has 2 aliphatic rings. The highest BCUT2D eigenvalue weighted by Crippen LogP contribution is 2.50. The molecule has 0 spiro atoms. The van der Waals surface area contributed by atoms with Gasteiger partial charge in [-0.2, -0.15) is 10.2 Å². The highest BCUT2D eigenvalue weighted by Gasteiger charge is 2.59. The number of rotatable bonds is 17. The third kappa shape index (κ3) is 10.8. The number of nitrogens with one attached hydrogen (secondary N) is 2. The van der Waals surface area contributed by atoms with Crippen LogP contribution in [-0.4, -0.2) is 78.9 Å². The van der Waals surface area contributed by atoms with Crippen molar-refractivity contribution in [3.63, 3.8) is 0 Å². The molecule has 2 fully saturated rings. The summed E-state index contributed by atoms with van der Waals surface area (Å²) in [4.78, 5) is 58.6. The summed E-state index contributed by atoms with van der Waals surface area (Å²) in [7, 11) is -9.45. The first kappa shape index (κ1) is 46.1. The molecule has 61 heavy (non-hydrogen) atoms. The van der Waals surface area contributed by atoms with Crippen molar-refractivity contribution >= 4 is 49.8 Å². The number of aromatic nitrogens is 3. The molecule has 19 nitrogen and oxygen atoms in total. The van der Waals surface area contributed by atoms with Gasteiger partial charge < -0.3 is 33.3 Å². The maximum Gasteiger partial charge on any atom is 0.471 e. The van der Waals surface area contributed by atoms with Crippen LogP contribution in [0.5, 0.6) is 5.75 Å². The molecular formula is C40H53N5O14P2. The Balaban J connectivity index is 1.38. The van der Waals surface area contributed by atoms with E-state index in [0.29, 0.717) is 5.39 Å². The molecule has 332 valence electrons. The fourth-order valence-electron chi connectivity index (χ4n) is 7.21. The number of phosphoric ester groups is 1. The first-order valence-corrected chi connectivity index (χ1v) is 23.2. The minimum atomic E-state index is -4.88. The Morgan fingerprint density at radius 3 is 2.26 bits per heavy atom. The Morgan fingerprint density at radius 2 is 1.57 bits per heavy atom. The fraction of sp³-hybridized carbons (Fsp3) is 0.525. The van der Waals surface area contributed by atoms with Gasteiger partial charge in [-0.3, -0.25) is 33.4 Å². The predicted octanol–water partition coefficient (Wildman–Crippen LogP) is 5.64. The van der Waals surface area contributed by atoms with Crippen LogP contribution in [-0.2, 0) is 63.8 Å². The van der Waals surface area contributed by atoms with Crippen molar-refractivity contribution in [1.29, 1.82) is 5.41 Å². The van der Waals surface area contributed by atoms with Gasteiger partial charge in [0.15, 0.2) is 17.7 Å². The summed E-state index contributed by atoms with van der Waals surface area (Å²) in [6.07, 6.45) is 1.11. The van der Waals surface area contributed by atoms with E-state index >= 15 is 4.57 Å². The van der Waals surface area contributed by atoms with E-state index in [9.17, 15) is 28.7 Å². The van der Waals surface area contributed by atoms with E-state index in [1.54, 1.807) is 65.0 Å². The molecule has 3 heterocycles. The SMILES string of the molecule is CC(C)C(=O)O[C@H]1[C@@H](OC(=O)C(C)C)[C@](C)(c2ccc3c(=N)n(COP(=O)(O)O)cnn23)O[C@@H]1COP(=O)(N[C@@H](C)C(=O)OC1CCCCC1)Oc1cccc2ccccc12. The van der Waals surface area contributed by atoms with Gasteiger partial charge in [-0.1, -0.05) is 70.5 Å². The number of hydrogen-bond donors (Lipinski definition) is 4. The number of esters is 3. The van der Waals surface area contributed by atoms with E-state index < -0.39 is 88.6 Å². The molecule has 1 aliphatic carbocycles. The van der Waals surface area contributed by atoms with Gasteiger partial charge in [0, 0.05) is 5.39 Å². The maximum absolute atomic E-state index is 15.0. The number of benzene rings is 2. The average Bonchev–Trinajstić information content (AvgIpc) is 3.76. The Kier molecular flexibility index (Phi) is 14.3. The molecule has 4 N–H and O–H groups in total. The lowest BCUT2D eigenvalue weighted by Gasteiger charge is -2.31. The van der Waals surface area contributed by atoms with Crippen LogP contribution in [0.3, 0.4) is 0 Å². The summed E-state index contributed by atoms with van der Waals surface area (Å²) >= 11 is 0. The van der Waals surface area contributed by atoms with Crippen LogP contribution in [0.15, 0.2) is 60.9 Å². The normalized spacial score (nSPS) is 22.6. The van der Waals surface area contributed by atoms with Crippen molar-refractivity contribution in [3.8, 4) is 5.75 Å². The van der Waals surface area contributed by atoms with E-state index in [4.69, 9.17) is 33.4 Å². The van der Waals surface area contributed by atoms with Gasteiger partial charge >= 0.3 is 33.5 Å². The first-order chi connectivity index (χ1) is 28.8. The van der Waals surface area contributed by atoms with Crippen LogP contribution >= 0.6 is 15.6 Å². The van der Waals surface area contributed by atoms with Gasteiger partial charge in [-0.05, 0) is 63.1 Å². The molecule has 2 aromatic heterocycles. The van der Waals surface area contributed by atoms with E-state index in [1.165, 1.54) is 17.5 Å². The monoisotopic (exact) mass is 889 g/mol. The lowest BCUT2D eigenvalue weighted by molar-refractivity contribution is -0.175. The van der Waals surface area contributed by atoms with Crippen LogP contribution < -0.4 is 15.1 Å². The van der Waals surface area contributed by atoms with Crippen LogP contribution in [0.1, 0.15) is 79.3 Å². The molecule has 0 bridgehead atoms. The molecule has 1 saturated carbocycles. The largest absolute Gasteiger partial charge is 0.471 e. The second-order valence-corrected chi connectivity index (χ2v) is 18.9. The van der Waals surface area contributed by atoms with Crippen molar-refractivity contribution < 1.29 is 65.8 Å². The van der Waals surface area contributed by atoms with Crippen molar-refractivity contribution in [2.45, 2.75) is 116 Å². The molecule has 0 amide bonds. The molecule has 1 unspecified atom stereocenters. The highest BCUT2D eigenvalue weighted by molar-refractivity contribution is 7.52. The van der Waals surface area contributed by atoms with E-state index in [2.05, 4.69) is 14.7 Å². The van der Waals surface area contributed by atoms with Gasteiger partial charge in [-0.15, -0.1) is 0 Å². The Morgan fingerprint density at radius 1 is 0.902 bits per heavy atom. The van der Waals surface area contributed by atoms with Crippen LogP contribution in [0.4, 0.5) is 0 Å². The molecule has 1 aliphatic heterocycles. The number of hydrogen-bond acceptors (Lipinski definition) is 14. The van der Waals surface area contributed by atoms with Crippen molar-refractivity contribution in [3.05, 3.63) is 72.1 Å². The Bertz CT molecular complexity index is 2390. The zero-order valence-electron chi connectivity index (χ0n) is 34.8. The maximum atomic E-state index is 15.0. The zero-order valence-corrected chi connectivity index (χ0v) is 36.6. The lowest BCUT2D eigenvalue weighted by Crippen LogP contribution is -2.46. The average molecular weight is 890 g/mol. The number of fused-ring (bicyclic) bond motifs is 2. The summed E-state index contributed by atoms with van der Waals surface area (Å²) < 4.78 is 70.3. The fourth-order valence-corrected chi connectivity index (χ4v) is 9.00. The topological polar surface area (TPSA) is 249 Å². The minimum Gasteiger partial charge on any atom is -0.461 e. The van der Waals surface area contributed by atoms with Gasteiger partial charge in [0.1, 0.15) is 48.2 Å². The molecular weight excluding hydrogens is 836 g/mol. The summed E-state index contributed by atoms with van der Waals surface area (Å²) in [6.45, 7) is 8.25. The van der Waals surface area contributed by atoms with E-state index in [0.717, 1.165) is 48.4 Å². The number of phosphoric acid groups is 1. The van der Waals surface area contributed by atoms with Crippen LogP contribution in [0.25, 0.3) is 16.3 Å². The number of nitrogens with zero attached hydrogens (tertiary/aromatic N) is 3. The second kappa shape index (κ2) is 18.9. The smallest absolute Gasteiger partial charge is 0.461 e. The van der Waals surface area contributed by atoms with Gasteiger partial charge in [-0.25, -0.2) is 13.6 Å². The molecule has 0 radical (unpaired) electrons. The number of ether oxygens (including phenoxy) is 4. The number of carbonyl (C=O) groups is 3. The lowest BCUT2D eigenvalue weighted by atomic mass is 9.92. The van der Waals surface area contributed by atoms with Crippen LogP contribution in [0.2, 0.25) is 0 Å². The van der Waals surface area contributed by atoms with Gasteiger partial charge in [0.2, 0.25) is 0 Å². The summed E-state index contributed by atoms with van der Waals surface area (Å²) in [5.41, 5.74) is -1.58. The summed E-state index contributed by atoms with van der Waals surface area (Å²) in [5.74, 6) is -3.07. The zero-order chi connectivity index (χ0) is 44.3. The van der Waals surface area contributed by atoms with Crippen molar-refractivity contribution in [2.24, 2.45) is 11.8 Å². The third-order valence-corrected chi connectivity index (χ3v) is 12.6. The molecule has 6 rings (SSSR count). The first-order valence-electron chi connectivity index (χ1n) is 20.1. The Hall–Kier alpha value is -4.45. The van der Waals surface area contributed by atoms with Gasteiger partial charge in [0.05, 0.1) is 24.1 Å². The van der Waals surface area contributed by atoms with E-state index in [-0.39, 0.29) is 28.6 Å². The number of carbonyl (C=O) groups excluding carboxylic acids is 3. The third-order valence-electron chi connectivity index (χ3n) is 10.5. The van der Waals surface area contributed by atoms with E-state index in [1.807, 2.05) is 18.2 Å².